The highest BCUT2D eigenvalue weighted by Crippen LogP contribution is 2.19. The maximum absolute atomic E-state index is 11.3. The molecule has 2 rings (SSSR count). The molecule has 78 valence electrons. The molecule has 0 bridgehead atoms. The zero-order valence-electron chi connectivity index (χ0n) is 8.04. The number of H-pyrrole nitrogens is 1. The maximum atomic E-state index is 11.3. The van der Waals surface area contributed by atoms with Crippen molar-refractivity contribution in [2.45, 2.75) is 0 Å². The van der Waals surface area contributed by atoms with E-state index in [0.29, 0.717) is 17.2 Å². The average Bonchev–Trinajstić information content (AvgIpc) is 2.71. The Morgan fingerprint density at radius 3 is 3.00 bits per heavy atom. The quantitative estimate of drug-likeness (QED) is 0.359. The van der Waals surface area contributed by atoms with Crippen LogP contribution in [0.2, 0.25) is 0 Å². The number of carbonyl (C=O) groups excluding carboxylic acids is 2. The first-order valence-corrected chi connectivity index (χ1v) is 4.42. The lowest BCUT2D eigenvalue weighted by Crippen LogP contribution is -1.92. The fraction of sp³-hybridized carbons (Fsp3) is 0. The first-order chi connectivity index (χ1) is 7.76. The first-order valence-electron chi connectivity index (χ1n) is 4.42. The number of aldehydes is 1. The fourth-order valence-electron chi connectivity index (χ4n) is 1.47. The van der Waals surface area contributed by atoms with Gasteiger partial charge < -0.3 is 4.98 Å². The van der Waals surface area contributed by atoms with Gasteiger partial charge in [-0.05, 0) is 28.8 Å². The molecule has 1 aromatic carbocycles. The van der Waals surface area contributed by atoms with Crippen molar-refractivity contribution in [3.05, 3.63) is 46.0 Å². The molecule has 6 nitrogen and oxygen atoms in total. The van der Waals surface area contributed by atoms with Gasteiger partial charge in [0.1, 0.15) is 0 Å². The number of nitrogens with zero attached hydrogens (tertiary/aromatic N) is 3. The van der Waals surface area contributed by atoms with Crippen LogP contribution in [0.15, 0.2) is 29.5 Å². The zero-order valence-corrected chi connectivity index (χ0v) is 8.04. The van der Waals surface area contributed by atoms with Crippen LogP contribution in [0.4, 0.5) is 0 Å². The molecule has 0 spiro atoms. The van der Waals surface area contributed by atoms with Gasteiger partial charge in [0.15, 0.2) is 6.29 Å². The number of hydrogen-bond acceptors (Lipinski definition) is 2. The van der Waals surface area contributed by atoms with Crippen LogP contribution < -0.4 is 0 Å². The number of benzene rings is 1. The normalized spacial score (nSPS) is 9.75. The molecule has 1 N–H and O–H groups in total. The lowest BCUT2D eigenvalue weighted by atomic mass is 10.1. The van der Waals surface area contributed by atoms with Gasteiger partial charge in [0, 0.05) is 33.1 Å². The van der Waals surface area contributed by atoms with Gasteiger partial charge in [-0.25, -0.2) is 0 Å². The topological polar surface area (TPSA) is 98.7 Å². The smallest absolute Gasteiger partial charge is 0.249 e. The molecule has 16 heavy (non-hydrogen) atoms. The molecule has 0 radical (unpaired) electrons. The third-order valence-electron chi connectivity index (χ3n) is 2.22. The lowest BCUT2D eigenvalue weighted by molar-refractivity contribution is 0.1000. The van der Waals surface area contributed by atoms with Crippen molar-refractivity contribution >= 4 is 23.1 Å². The minimum Gasteiger partial charge on any atom is -0.360 e. The second kappa shape index (κ2) is 3.88. The number of azide groups is 1. The van der Waals surface area contributed by atoms with E-state index in [0.717, 1.165) is 5.52 Å². The standard InChI is InChI=1S/C10H6N4O2/c11-14-13-10(16)6-1-2-9-8(3-6)7(5-15)4-12-9/h1-5,12H. The predicted molar refractivity (Wildman–Crippen MR) is 57.2 cm³/mol. The van der Waals surface area contributed by atoms with E-state index in [2.05, 4.69) is 15.0 Å². The summed E-state index contributed by atoms with van der Waals surface area (Å²) >= 11 is 0. The van der Waals surface area contributed by atoms with E-state index < -0.39 is 5.91 Å². The summed E-state index contributed by atoms with van der Waals surface area (Å²) in [6, 6.07) is 4.71. The van der Waals surface area contributed by atoms with Crippen LogP contribution in [-0.4, -0.2) is 17.2 Å². The summed E-state index contributed by atoms with van der Waals surface area (Å²) in [5, 5.41) is 3.62. The number of nitrogens with one attached hydrogen (secondary N) is 1. The van der Waals surface area contributed by atoms with Gasteiger partial charge in [0.05, 0.1) is 0 Å². The zero-order chi connectivity index (χ0) is 11.5. The first kappa shape index (κ1) is 9.95. The molecule has 0 aliphatic rings. The van der Waals surface area contributed by atoms with Crippen LogP contribution in [0.1, 0.15) is 20.7 Å². The Morgan fingerprint density at radius 2 is 2.31 bits per heavy atom. The minimum atomic E-state index is -0.664. The molecule has 1 heterocycles. The minimum absolute atomic E-state index is 0.257. The Balaban J connectivity index is 2.61. The van der Waals surface area contributed by atoms with E-state index in [-0.39, 0.29) is 5.56 Å². The second-order valence-corrected chi connectivity index (χ2v) is 3.12. The van der Waals surface area contributed by atoms with Crippen molar-refractivity contribution in [3.63, 3.8) is 0 Å². The molecule has 0 fully saturated rings. The second-order valence-electron chi connectivity index (χ2n) is 3.12. The van der Waals surface area contributed by atoms with E-state index in [1.807, 2.05) is 0 Å². The number of hydrogen-bond donors (Lipinski definition) is 1. The van der Waals surface area contributed by atoms with Crippen LogP contribution in [0.3, 0.4) is 0 Å². The summed E-state index contributed by atoms with van der Waals surface area (Å²) in [7, 11) is 0. The van der Waals surface area contributed by atoms with Gasteiger partial charge in [0.2, 0.25) is 5.91 Å². The predicted octanol–water partition coefficient (Wildman–Crippen LogP) is 2.43. The Kier molecular flexibility index (Phi) is 2.41. The van der Waals surface area contributed by atoms with Gasteiger partial charge in [0.25, 0.3) is 0 Å². The third kappa shape index (κ3) is 1.53. The van der Waals surface area contributed by atoms with Crippen molar-refractivity contribution in [1.29, 1.82) is 0 Å². The molecule has 0 aliphatic heterocycles. The Labute approximate surface area is 89.5 Å². The molecule has 0 aliphatic carbocycles. The molecule has 1 amide bonds. The molecule has 6 heteroatoms. The van der Waals surface area contributed by atoms with Crippen molar-refractivity contribution in [1.82, 2.24) is 4.98 Å². The molecule has 2 aromatic rings. The largest absolute Gasteiger partial charge is 0.360 e. The molecule has 0 atom stereocenters. The number of rotatable bonds is 2. The molecule has 0 saturated carbocycles. The number of aromatic nitrogens is 1. The summed E-state index contributed by atoms with van der Waals surface area (Å²) in [5.41, 5.74) is 9.62. The lowest BCUT2D eigenvalue weighted by Gasteiger charge is -1.95. The number of fused-ring (bicyclic) bond motifs is 1. The Morgan fingerprint density at radius 1 is 1.50 bits per heavy atom. The van der Waals surface area contributed by atoms with Gasteiger partial charge in [-0.15, -0.1) is 0 Å². The Hall–Kier alpha value is -2.59. The highest BCUT2D eigenvalue weighted by Gasteiger charge is 2.07. The Bertz CT molecular complexity index is 623. The summed E-state index contributed by atoms with van der Waals surface area (Å²) < 4.78 is 0. The highest BCUT2D eigenvalue weighted by atomic mass is 16.1. The number of carbonyl (C=O) groups is 2. The SMILES string of the molecule is [N-]=[N+]=NC(=O)c1ccc2[nH]cc(C=O)c2c1. The maximum Gasteiger partial charge on any atom is 0.249 e. The van der Waals surface area contributed by atoms with Gasteiger partial charge in [-0.1, -0.05) is 0 Å². The van der Waals surface area contributed by atoms with E-state index in [4.69, 9.17) is 5.53 Å². The molecule has 1 aromatic heterocycles. The van der Waals surface area contributed by atoms with Crippen molar-refractivity contribution < 1.29 is 9.59 Å². The van der Waals surface area contributed by atoms with Crippen LogP contribution in [0.5, 0.6) is 0 Å². The van der Waals surface area contributed by atoms with Gasteiger partial charge in [-0.2, -0.15) is 0 Å². The van der Waals surface area contributed by atoms with Crippen LogP contribution in [0.25, 0.3) is 21.3 Å². The van der Waals surface area contributed by atoms with Crippen molar-refractivity contribution in [3.8, 4) is 0 Å². The molecular formula is C10H6N4O2. The van der Waals surface area contributed by atoms with Gasteiger partial charge >= 0.3 is 0 Å². The average molecular weight is 214 g/mol. The number of aromatic amines is 1. The van der Waals surface area contributed by atoms with Crippen molar-refractivity contribution in [2.75, 3.05) is 0 Å². The summed E-state index contributed by atoms with van der Waals surface area (Å²) in [6.45, 7) is 0. The summed E-state index contributed by atoms with van der Waals surface area (Å²) in [6.07, 6.45) is 2.25. The third-order valence-corrected chi connectivity index (χ3v) is 2.22. The number of amides is 1. The van der Waals surface area contributed by atoms with Crippen LogP contribution in [-0.2, 0) is 0 Å². The summed E-state index contributed by atoms with van der Waals surface area (Å²) in [5.74, 6) is -0.664. The van der Waals surface area contributed by atoms with E-state index in [9.17, 15) is 9.59 Å². The monoisotopic (exact) mass is 214 g/mol. The fourth-order valence-corrected chi connectivity index (χ4v) is 1.47. The molecular weight excluding hydrogens is 208 g/mol. The van der Waals surface area contributed by atoms with Crippen LogP contribution >= 0.6 is 0 Å². The molecule has 0 saturated heterocycles. The van der Waals surface area contributed by atoms with E-state index in [1.54, 1.807) is 12.3 Å². The van der Waals surface area contributed by atoms with E-state index >= 15 is 0 Å². The molecule has 0 unspecified atom stereocenters. The summed E-state index contributed by atoms with van der Waals surface area (Å²) in [4.78, 5) is 27.3. The van der Waals surface area contributed by atoms with Crippen molar-refractivity contribution in [2.24, 2.45) is 5.11 Å². The highest BCUT2D eigenvalue weighted by molar-refractivity contribution is 6.03. The van der Waals surface area contributed by atoms with Crippen LogP contribution in [0, 0.1) is 0 Å². The van der Waals surface area contributed by atoms with Gasteiger partial charge in [-0.3, -0.25) is 9.59 Å². The van der Waals surface area contributed by atoms with E-state index in [1.165, 1.54) is 12.1 Å².